The summed E-state index contributed by atoms with van der Waals surface area (Å²) in [6.45, 7) is -0.105. The summed E-state index contributed by atoms with van der Waals surface area (Å²) in [5.41, 5.74) is 2.01. The van der Waals surface area contributed by atoms with Gasteiger partial charge >= 0.3 is 0 Å². The van der Waals surface area contributed by atoms with Crippen molar-refractivity contribution in [3.63, 3.8) is 0 Å². The van der Waals surface area contributed by atoms with Crippen LogP contribution in [-0.4, -0.2) is 15.1 Å². The van der Waals surface area contributed by atoms with Crippen molar-refractivity contribution in [2.75, 3.05) is 0 Å². The van der Waals surface area contributed by atoms with Crippen molar-refractivity contribution in [1.29, 1.82) is 0 Å². The number of imidazole rings is 1. The Bertz CT molecular complexity index is 641. The van der Waals surface area contributed by atoms with E-state index in [1.165, 1.54) is 0 Å². The molecule has 4 heteroatoms. The lowest BCUT2D eigenvalue weighted by Gasteiger charge is -1.95. The van der Waals surface area contributed by atoms with E-state index < -0.39 is 0 Å². The molecule has 4 nitrogen and oxygen atoms in total. The number of aromatic amines is 1. The minimum absolute atomic E-state index is 0.105. The van der Waals surface area contributed by atoms with E-state index in [2.05, 4.69) is 9.97 Å². The number of aliphatic hydroxyl groups is 1. The fourth-order valence-corrected chi connectivity index (χ4v) is 1.80. The molecule has 3 aromatic rings. The quantitative estimate of drug-likeness (QED) is 0.740. The van der Waals surface area contributed by atoms with Gasteiger partial charge < -0.3 is 14.5 Å². The molecule has 0 aliphatic carbocycles. The van der Waals surface area contributed by atoms with Gasteiger partial charge in [0, 0.05) is 0 Å². The predicted octanol–water partition coefficient (Wildman–Crippen LogP) is 2.83. The molecule has 18 heavy (non-hydrogen) atoms. The van der Waals surface area contributed by atoms with Gasteiger partial charge in [0.2, 0.25) is 0 Å². The number of furan rings is 1. The first kappa shape index (κ1) is 10.8. The molecule has 0 radical (unpaired) electrons. The molecule has 1 aromatic carbocycles. The van der Waals surface area contributed by atoms with Crippen LogP contribution in [0.15, 0.2) is 53.1 Å². The van der Waals surface area contributed by atoms with Crippen molar-refractivity contribution >= 4 is 0 Å². The average Bonchev–Trinajstić information content (AvgIpc) is 3.08. The van der Waals surface area contributed by atoms with Gasteiger partial charge in [0.25, 0.3) is 0 Å². The zero-order valence-electron chi connectivity index (χ0n) is 9.63. The highest BCUT2D eigenvalue weighted by Crippen LogP contribution is 2.23. The van der Waals surface area contributed by atoms with Crippen LogP contribution in [0.1, 0.15) is 5.76 Å². The summed E-state index contributed by atoms with van der Waals surface area (Å²) in [6.07, 6.45) is 1.77. The molecular formula is C14H12N2O2. The summed E-state index contributed by atoms with van der Waals surface area (Å²) in [5.74, 6) is 1.82. The lowest BCUT2D eigenvalue weighted by Crippen LogP contribution is -1.79. The minimum atomic E-state index is -0.105. The molecule has 0 bridgehead atoms. The van der Waals surface area contributed by atoms with Crippen LogP contribution in [-0.2, 0) is 6.61 Å². The number of rotatable bonds is 3. The Morgan fingerprint density at radius 2 is 1.94 bits per heavy atom. The fraction of sp³-hybridized carbons (Fsp3) is 0.0714. The van der Waals surface area contributed by atoms with E-state index in [0.717, 1.165) is 11.3 Å². The number of nitrogens with zero attached hydrogens (tertiary/aromatic N) is 1. The van der Waals surface area contributed by atoms with Gasteiger partial charge in [0.05, 0.1) is 11.9 Å². The molecule has 0 unspecified atom stereocenters. The smallest absolute Gasteiger partial charge is 0.173 e. The van der Waals surface area contributed by atoms with Gasteiger partial charge in [-0.1, -0.05) is 30.3 Å². The standard InChI is InChI=1S/C14H12N2O2/c17-9-11-6-7-13(18-11)14-15-8-12(16-14)10-4-2-1-3-5-10/h1-8,17H,9H2,(H,15,16). The van der Waals surface area contributed by atoms with Gasteiger partial charge in [-0.2, -0.15) is 0 Å². The lowest BCUT2D eigenvalue weighted by molar-refractivity contribution is 0.248. The number of nitrogens with one attached hydrogen (secondary N) is 1. The number of aliphatic hydroxyl groups excluding tert-OH is 1. The van der Waals surface area contributed by atoms with Crippen LogP contribution in [0.5, 0.6) is 0 Å². The molecule has 0 aliphatic heterocycles. The third-order valence-electron chi connectivity index (χ3n) is 2.71. The van der Waals surface area contributed by atoms with E-state index in [-0.39, 0.29) is 6.61 Å². The summed E-state index contributed by atoms with van der Waals surface area (Å²) in [6, 6.07) is 13.5. The van der Waals surface area contributed by atoms with Crippen molar-refractivity contribution in [2.24, 2.45) is 0 Å². The van der Waals surface area contributed by atoms with Crippen molar-refractivity contribution in [1.82, 2.24) is 9.97 Å². The molecule has 0 atom stereocenters. The molecule has 2 aromatic heterocycles. The number of H-pyrrole nitrogens is 1. The van der Waals surface area contributed by atoms with E-state index >= 15 is 0 Å². The van der Waals surface area contributed by atoms with E-state index in [9.17, 15) is 0 Å². The maximum atomic E-state index is 8.96. The number of hydrogen-bond acceptors (Lipinski definition) is 3. The summed E-state index contributed by atoms with van der Waals surface area (Å²) in [5, 5.41) is 8.96. The Kier molecular flexibility index (Phi) is 2.70. The van der Waals surface area contributed by atoms with Crippen LogP contribution in [0, 0.1) is 0 Å². The van der Waals surface area contributed by atoms with Crippen LogP contribution in [0.2, 0.25) is 0 Å². The van der Waals surface area contributed by atoms with E-state index in [0.29, 0.717) is 17.3 Å². The zero-order valence-corrected chi connectivity index (χ0v) is 9.63. The van der Waals surface area contributed by atoms with Gasteiger partial charge in [-0.25, -0.2) is 4.98 Å². The van der Waals surface area contributed by atoms with Crippen LogP contribution < -0.4 is 0 Å². The average molecular weight is 240 g/mol. The molecule has 0 saturated heterocycles. The van der Waals surface area contributed by atoms with Crippen LogP contribution in [0.25, 0.3) is 22.8 Å². The Morgan fingerprint density at radius 1 is 1.11 bits per heavy atom. The maximum Gasteiger partial charge on any atom is 0.173 e. The van der Waals surface area contributed by atoms with Crippen molar-refractivity contribution in [3.8, 4) is 22.8 Å². The predicted molar refractivity (Wildman–Crippen MR) is 67.6 cm³/mol. The van der Waals surface area contributed by atoms with Gasteiger partial charge in [0.15, 0.2) is 11.6 Å². The third-order valence-corrected chi connectivity index (χ3v) is 2.71. The minimum Gasteiger partial charge on any atom is -0.455 e. The number of benzene rings is 1. The highest BCUT2D eigenvalue weighted by Gasteiger charge is 2.09. The van der Waals surface area contributed by atoms with Gasteiger partial charge in [-0.3, -0.25) is 0 Å². The molecule has 0 aliphatic rings. The fourth-order valence-electron chi connectivity index (χ4n) is 1.80. The maximum absolute atomic E-state index is 8.96. The van der Waals surface area contributed by atoms with Gasteiger partial charge in [0.1, 0.15) is 12.4 Å². The Balaban J connectivity index is 1.94. The second-order valence-corrected chi connectivity index (χ2v) is 3.94. The van der Waals surface area contributed by atoms with E-state index in [4.69, 9.17) is 9.52 Å². The molecule has 3 rings (SSSR count). The first-order valence-electron chi connectivity index (χ1n) is 5.67. The Hall–Kier alpha value is -2.33. The summed E-state index contributed by atoms with van der Waals surface area (Å²) in [4.78, 5) is 7.48. The molecule has 0 saturated carbocycles. The first-order valence-corrected chi connectivity index (χ1v) is 5.67. The van der Waals surface area contributed by atoms with Crippen LogP contribution >= 0.6 is 0 Å². The highest BCUT2D eigenvalue weighted by atomic mass is 16.4. The van der Waals surface area contributed by atoms with Crippen LogP contribution in [0.3, 0.4) is 0 Å². The second-order valence-electron chi connectivity index (χ2n) is 3.94. The Labute approximate surface area is 104 Å². The highest BCUT2D eigenvalue weighted by molar-refractivity contribution is 5.62. The first-order chi connectivity index (χ1) is 8.86. The molecule has 0 fully saturated rings. The summed E-state index contributed by atoms with van der Waals surface area (Å²) < 4.78 is 5.42. The van der Waals surface area contributed by atoms with E-state index in [1.54, 1.807) is 18.3 Å². The van der Waals surface area contributed by atoms with Crippen molar-refractivity contribution < 1.29 is 9.52 Å². The van der Waals surface area contributed by atoms with Gasteiger partial charge in [-0.15, -0.1) is 0 Å². The topological polar surface area (TPSA) is 62.1 Å². The normalized spacial score (nSPS) is 10.7. The van der Waals surface area contributed by atoms with Crippen molar-refractivity contribution in [3.05, 3.63) is 54.4 Å². The molecule has 0 spiro atoms. The van der Waals surface area contributed by atoms with Crippen molar-refractivity contribution in [2.45, 2.75) is 6.61 Å². The summed E-state index contributed by atoms with van der Waals surface area (Å²) >= 11 is 0. The molecule has 2 heterocycles. The molecule has 90 valence electrons. The Morgan fingerprint density at radius 3 is 2.67 bits per heavy atom. The zero-order chi connectivity index (χ0) is 12.4. The van der Waals surface area contributed by atoms with Crippen LogP contribution in [0.4, 0.5) is 0 Å². The number of hydrogen-bond donors (Lipinski definition) is 2. The lowest BCUT2D eigenvalue weighted by atomic mass is 10.2. The molecular weight excluding hydrogens is 228 g/mol. The largest absolute Gasteiger partial charge is 0.455 e. The molecule has 0 amide bonds. The second kappa shape index (κ2) is 4.50. The van der Waals surface area contributed by atoms with Gasteiger partial charge in [-0.05, 0) is 17.7 Å². The third kappa shape index (κ3) is 1.94. The van der Waals surface area contributed by atoms with E-state index in [1.807, 2.05) is 30.3 Å². The molecule has 2 N–H and O–H groups in total. The summed E-state index contributed by atoms with van der Waals surface area (Å²) in [7, 11) is 0. The monoisotopic (exact) mass is 240 g/mol. The number of aromatic nitrogens is 2. The SMILES string of the molecule is OCc1ccc(-c2ncc(-c3ccccc3)[nH]2)o1.